The quantitative estimate of drug-likeness (QED) is 0.798. The summed E-state index contributed by atoms with van der Waals surface area (Å²) in [5, 5.41) is 3.81. The molecule has 0 spiro atoms. The molecule has 0 bridgehead atoms. The van der Waals surface area contributed by atoms with Gasteiger partial charge in [-0.15, -0.1) is 0 Å². The normalized spacial score (nSPS) is 33.0. The summed E-state index contributed by atoms with van der Waals surface area (Å²) in [7, 11) is 4.02. The Balaban J connectivity index is 2.53. The van der Waals surface area contributed by atoms with Gasteiger partial charge in [0, 0.05) is 31.8 Å². The number of nitrogens with zero attached hydrogens (tertiary/aromatic N) is 1. The van der Waals surface area contributed by atoms with Gasteiger partial charge in [-0.2, -0.15) is 0 Å². The van der Waals surface area contributed by atoms with E-state index in [-0.39, 0.29) is 0 Å². The van der Waals surface area contributed by atoms with Gasteiger partial charge in [-0.25, -0.2) is 0 Å². The number of ether oxygens (including phenoxy) is 1. The predicted molar refractivity (Wildman–Crippen MR) is 73.3 cm³/mol. The maximum absolute atomic E-state index is 5.32. The first kappa shape index (κ1) is 14.9. The van der Waals surface area contributed by atoms with Crippen LogP contribution in [0.2, 0.25) is 0 Å². The summed E-state index contributed by atoms with van der Waals surface area (Å²) in [4.78, 5) is 2.46. The van der Waals surface area contributed by atoms with Gasteiger partial charge in [0.2, 0.25) is 0 Å². The molecule has 17 heavy (non-hydrogen) atoms. The van der Waals surface area contributed by atoms with E-state index >= 15 is 0 Å². The zero-order valence-electron chi connectivity index (χ0n) is 12.4. The summed E-state index contributed by atoms with van der Waals surface area (Å²) in [6, 6.07) is 1.78. The molecule has 1 N–H and O–H groups in total. The monoisotopic (exact) mass is 242 g/mol. The van der Waals surface area contributed by atoms with Crippen LogP contribution >= 0.6 is 0 Å². The Hall–Kier alpha value is -0.120. The summed E-state index contributed by atoms with van der Waals surface area (Å²) in [5.74, 6) is 1.34. The third-order valence-electron chi connectivity index (χ3n) is 4.19. The van der Waals surface area contributed by atoms with Crippen molar-refractivity contribution in [3.63, 3.8) is 0 Å². The van der Waals surface area contributed by atoms with Crippen molar-refractivity contribution < 1.29 is 4.74 Å². The highest BCUT2D eigenvalue weighted by Gasteiger charge is 2.30. The van der Waals surface area contributed by atoms with Crippen molar-refractivity contribution in [2.75, 3.05) is 27.3 Å². The van der Waals surface area contributed by atoms with Gasteiger partial charge in [-0.1, -0.05) is 20.8 Å². The topological polar surface area (TPSA) is 24.5 Å². The smallest absolute Gasteiger partial charge is 0.0618 e. The minimum absolute atomic E-state index is 0.475. The number of piperidine rings is 1. The average Bonchev–Trinajstić information content (AvgIpc) is 2.24. The van der Waals surface area contributed by atoms with E-state index in [4.69, 9.17) is 4.74 Å². The number of methoxy groups -OCH3 is 1. The van der Waals surface area contributed by atoms with Crippen LogP contribution in [0.1, 0.15) is 34.1 Å². The van der Waals surface area contributed by atoms with E-state index in [1.807, 2.05) is 0 Å². The van der Waals surface area contributed by atoms with Crippen molar-refractivity contribution in [3.8, 4) is 0 Å². The maximum Gasteiger partial charge on any atom is 0.0618 e. The molecule has 4 unspecified atom stereocenters. The lowest BCUT2D eigenvalue weighted by Crippen LogP contribution is -2.55. The summed E-state index contributed by atoms with van der Waals surface area (Å²) < 4.78 is 5.32. The molecule has 0 aromatic carbocycles. The Kier molecular flexibility index (Phi) is 5.90. The van der Waals surface area contributed by atoms with Crippen molar-refractivity contribution in [2.45, 2.75) is 52.2 Å². The molecule has 3 heteroatoms. The Morgan fingerprint density at radius 1 is 1.35 bits per heavy atom. The summed E-state index contributed by atoms with van der Waals surface area (Å²) in [6.45, 7) is 11.2. The van der Waals surface area contributed by atoms with Crippen LogP contribution in [0.15, 0.2) is 0 Å². The van der Waals surface area contributed by atoms with Gasteiger partial charge >= 0.3 is 0 Å². The van der Waals surface area contributed by atoms with Crippen LogP contribution in [0.25, 0.3) is 0 Å². The molecule has 1 heterocycles. The first-order valence-electron chi connectivity index (χ1n) is 6.90. The second-order valence-electron chi connectivity index (χ2n) is 6.08. The van der Waals surface area contributed by atoms with E-state index in [1.54, 1.807) is 7.11 Å². The van der Waals surface area contributed by atoms with Crippen molar-refractivity contribution in [2.24, 2.45) is 11.8 Å². The number of nitrogens with one attached hydrogen (secondary N) is 1. The molecule has 1 aliphatic rings. The minimum atomic E-state index is 0.475. The molecule has 1 aliphatic heterocycles. The van der Waals surface area contributed by atoms with Gasteiger partial charge in [-0.3, -0.25) is 0 Å². The van der Waals surface area contributed by atoms with Crippen LogP contribution in [0.3, 0.4) is 0 Å². The highest BCUT2D eigenvalue weighted by atomic mass is 16.5. The lowest BCUT2D eigenvalue weighted by molar-refractivity contribution is 0.0879. The first-order chi connectivity index (χ1) is 7.95. The van der Waals surface area contributed by atoms with E-state index < -0.39 is 0 Å². The molecule has 0 amide bonds. The predicted octanol–water partition coefficient (Wildman–Crippen LogP) is 1.98. The molecule has 0 aromatic rings. The maximum atomic E-state index is 5.32. The minimum Gasteiger partial charge on any atom is -0.383 e. The van der Waals surface area contributed by atoms with Gasteiger partial charge in [0.25, 0.3) is 0 Å². The summed E-state index contributed by atoms with van der Waals surface area (Å²) >= 11 is 0. The molecule has 0 saturated carbocycles. The highest BCUT2D eigenvalue weighted by Crippen LogP contribution is 2.22. The first-order valence-corrected chi connectivity index (χ1v) is 6.90. The fraction of sp³-hybridized carbons (Fsp3) is 1.00. The Morgan fingerprint density at radius 2 is 2.00 bits per heavy atom. The second kappa shape index (κ2) is 6.72. The van der Waals surface area contributed by atoms with E-state index in [2.05, 4.69) is 45.0 Å². The lowest BCUT2D eigenvalue weighted by atomic mass is 9.88. The van der Waals surface area contributed by atoms with Crippen LogP contribution in [-0.2, 0) is 4.74 Å². The lowest BCUT2D eigenvalue weighted by Gasteiger charge is -2.42. The van der Waals surface area contributed by atoms with Gasteiger partial charge in [0.1, 0.15) is 0 Å². The van der Waals surface area contributed by atoms with Gasteiger partial charge in [0.05, 0.1) is 6.61 Å². The zero-order chi connectivity index (χ0) is 13.0. The fourth-order valence-corrected chi connectivity index (χ4v) is 2.66. The number of rotatable bonds is 5. The van der Waals surface area contributed by atoms with E-state index in [1.165, 1.54) is 13.0 Å². The van der Waals surface area contributed by atoms with Crippen molar-refractivity contribution in [1.29, 1.82) is 0 Å². The molecule has 0 aliphatic carbocycles. The zero-order valence-corrected chi connectivity index (χ0v) is 12.4. The Labute approximate surface area is 107 Å². The molecule has 4 atom stereocenters. The standard InChI is InChI=1S/C14H30N2O/c1-10(2)14(9-17-6)15-13-7-12(4)16(5)8-11(13)3/h10-15H,7-9H2,1-6H3. The molecule has 1 fully saturated rings. The molecule has 1 rings (SSSR count). The van der Waals surface area contributed by atoms with Crippen molar-refractivity contribution in [1.82, 2.24) is 10.2 Å². The third kappa shape index (κ3) is 4.23. The van der Waals surface area contributed by atoms with Crippen LogP contribution in [-0.4, -0.2) is 50.3 Å². The van der Waals surface area contributed by atoms with Gasteiger partial charge < -0.3 is 15.0 Å². The molecule has 3 nitrogen and oxygen atoms in total. The average molecular weight is 242 g/mol. The fourth-order valence-electron chi connectivity index (χ4n) is 2.66. The largest absolute Gasteiger partial charge is 0.383 e. The Bertz CT molecular complexity index is 220. The summed E-state index contributed by atoms with van der Waals surface area (Å²) in [5.41, 5.74) is 0. The van der Waals surface area contributed by atoms with E-state index in [0.29, 0.717) is 30.0 Å². The van der Waals surface area contributed by atoms with Crippen LogP contribution in [0.5, 0.6) is 0 Å². The summed E-state index contributed by atoms with van der Waals surface area (Å²) in [6.07, 6.45) is 1.24. The Morgan fingerprint density at radius 3 is 2.53 bits per heavy atom. The highest BCUT2D eigenvalue weighted by molar-refractivity contribution is 4.88. The number of hydrogen-bond acceptors (Lipinski definition) is 3. The number of likely N-dealkylation sites (tertiary alicyclic amines) is 1. The molecular weight excluding hydrogens is 212 g/mol. The van der Waals surface area contributed by atoms with Crippen LogP contribution < -0.4 is 5.32 Å². The van der Waals surface area contributed by atoms with E-state index in [0.717, 1.165) is 6.61 Å². The SMILES string of the molecule is COCC(NC1CC(C)N(C)CC1C)C(C)C. The van der Waals surface area contributed by atoms with Gasteiger partial charge in [-0.05, 0) is 32.2 Å². The van der Waals surface area contributed by atoms with Crippen LogP contribution in [0.4, 0.5) is 0 Å². The van der Waals surface area contributed by atoms with Crippen LogP contribution in [0, 0.1) is 11.8 Å². The third-order valence-corrected chi connectivity index (χ3v) is 4.19. The van der Waals surface area contributed by atoms with E-state index in [9.17, 15) is 0 Å². The second-order valence-corrected chi connectivity index (χ2v) is 6.08. The molecular formula is C14H30N2O. The molecule has 0 radical (unpaired) electrons. The van der Waals surface area contributed by atoms with Gasteiger partial charge in [0.15, 0.2) is 0 Å². The molecule has 0 aromatic heterocycles. The molecule has 1 saturated heterocycles. The van der Waals surface area contributed by atoms with Crippen molar-refractivity contribution >= 4 is 0 Å². The van der Waals surface area contributed by atoms with Crippen molar-refractivity contribution in [3.05, 3.63) is 0 Å². The number of hydrogen-bond donors (Lipinski definition) is 1. The molecule has 102 valence electrons.